The van der Waals surface area contributed by atoms with E-state index in [1.165, 1.54) is 18.1 Å². The van der Waals surface area contributed by atoms with Crippen LogP contribution in [0.25, 0.3) is 0 Å². The van der Waals surface area contributed by atoms with E-state index in [-0.39, 0.29) is 30.4 Å². The number of carbonyl (C=O) groups is 2. The molecule has 1 aliphatic heterocycles. The Morgan fingerprint density at radius 2 is 1.67 bits per heavy atom. The fraction of sp³-hybridized carbons (Fsp3) is 0.364. The van der Waals surface area contributed by atoms with Gasteiger partial charge in [-0.15, -0.1) is 0 Å². The van der Waals surface area contributed by atoms with Gasteiger partial charge in [-0.2, -0.15) is 0 Å². The summed E-state index contributed by atoms with van der Waals surface area (Å²) >= 11 is 0. The predicted octanol–water partition coefficient (Wildman–Crippen LogP) is 2.57. The number of nitrogens with one attached hydrogen (secondary N) is 1. The first-order chi connectivity index (χ1) is 13.1. The highest BCUT2D eigenvalue weighted by molar-refractivity contribution is 5.83. The molecule has 0 aliphatic carbocycles. The molecule has 142 valence electrons. The molecule has 0 bridgehead atoms. The Kier molecular flexibility index (Phi) is 6.60. The van der Waals surface area contributed by atoms with Crippen LogP contribution in [-0.2, 0) is 14.3 Å². The fourth-order valence-corrected chi connectivity index (χ4v) is 3.50. The zero-order valence-corrected chi connectivity index (χ0v) is 15.6. The first-order valence-corrected chi connectivity index (χ1v) is 9.37. The van der Waals surface area contributed by atoms with Crippen LogP contribution in [0.15, 0.2) is 60.7 Å². The minimum atomic E-state index is -0.193. The quantitative estimate of drug-likeness (QED) is 0.855. The average molecular weight is 366 g/mol. The van der Waals surface area contributed by atoms with Gasteiger partial charge in [0.15, 0.2) is 0 Å². The molecule has 3 rings (SSSR count). The van der Waals surface area contributed by atoms with Gasteiger partial charge in [0.2, 0.25) is 11.8 Å². The van der Waals surface area contributed by atoms with Crippen LogP contribution < -0.4 is 5.32 Å². The Morgan fingerprint density at radius 3 is 2.22 bits per heavy atom. The summed E-state index contributed by atoms with van der Waals surface area (Å²) in [4.78, 5) is 25.2. The van der Waals surface area contributed by atoms with Gasteiger partial charge in [0, 0.05) is 25.9 Å². The molecule has 1 atom stereocenters. The van der Waals surface area contributed by atoms with Crippen molar-refractivity contribution in [1.29, 1.82) is 0 Å². The van der Waals surface area contributed by atoms with Crippen molar-refractivity contribution in [1.82, 2.24) is 10.2 Å². The molecule has 2 amide bonds. The normalized spacial score (nSPS) is 17.0. The van der Waals surface area contributed by atoms with Gasteiger partial charge in [0.25, 0.3) is 0 Å². The number of nitrogens with zero attached hydrogens (tertiary/aromatic N) is 1. The molecular weight excluding hydrogens is 340 g/mol. The summed E-state index contributed by atoms with van der Waals surface area (Å²) in [6.07, 6.45) is 0.767. The lowest BCUT2D eigenvalue weighted by Crippen LogP contribution is -2.49. The van der Waals surface area contributed by atoms with E-state index >= 15 is 0 Å². The molecule has 1 saturated heterocycles. The molecule has 1 heterocycles. The third-order valence-electron chi connectivity index (χ3n) is 4.88. The highest BCUT2D eigenvalue weighted by atomic mass is 16.5. The number of ether oxygens (including phenoxy) is 1. The third-order valence-corrected chi connectivity index (χ3v) is 4.88. The Morgan fingerprint density at radius 1 is 1.07 bits per heavy atom. The lowest BCUT2D eigenvalue weighted by molar-refractivity contribution is -0.139. The number of hydrogen-bond acceptors (Lipinski definition) is 3. The van der Waals surface area contributed by atoms with Crippen molar-refractivity contribution in [2.75, 3.05) is 26.2 Å². The largest absolute Gasteiger partial charge is 0.375 e. The standard InChI is InChI=1S/C22H26N2O3/c1-17(25)23-15-22(26)24-12-13-27-20(16-24)14-21(18-8-4-2-5-9-18)19-10-6-3-7-11-19/h2-11,20-21H,12-16H2,1H3,(H,23,25). The molecule has 5 heteroatoms. The number of hydrogen-bond donors (Lipinski definition) is 1. The van der Waals surface area contributed by atoms with E-state index in [0.29, 0.717) is 19.7 Å². The molecule has 27 heavy (non-hydrogen) atoms. The van der Waals surface area contributed by atoms with Gasteiger partial charge in [-0.1, -0.05) is 60.7 Å². The van der Waals surface area contributed by atoms with E-state index < -0.39 is 0 Å². The molecule has 2 aromatic carbocycles. The van der Waals surface area contributed by atoms with Gasteiger partial charge in [-0.05, 0) is 17.5 Å². The second-order valence-corrected chi connectivity index (χ2v) is 6.85. The number of morpholine rings is 1. The zero-order chi connectivity index (χ0) is 19.1. The van der Waals surface area contributed by atoms with Gasteiger partial charge in [0.05, 0.1) is 19.3 Å². The lowest BCUT2D eigenvalue weighted by atomic mass is 9.86. The molecule has 1 fully saturated rings. The van der Waals surface area contributed by atoms with Crippen LogP contribution in [0.1, 0.15) is 30.4 Å². The van der Waals surface area contributed by atoms with E-state index in [9.17, 15) is 9.59 Å². The van der Waals surface area contributed by atoms with Crippen LogP contribution in [0.4, 0.5) is 0 Å². The zero-order valence-electron chi connectivity index (χ0n) is 15.6. The van der Waals surface area contributed by atoms with Gasteiger partial charge in [-0.3, -0.25) is 9.59 Å². The van der Waals surface area contributed by atoms with E-state index in [4.69, 9.17) is 4.74 Å². The van der Waals surface area contributed by atoms with E-state index in [1.807, 2.05) is 12.1 Å². The van der Waals surface area contributed by atoms with Gasteiger partial charge < -0.3 is 15.0 Å². The maximum atomic E-state index is 12.3. The first kappa shape index (κ1) is 19.1. The second-order valence-electron chi connectivity index (χ2n) is 6.85. The summed E-state index contributed by atoms with van der Waals surface area (Å²) in [5, 5.41) is 2.58. The maximum absolute atomic E-state index is 12.3. The monoisotopic (exact) mass is 366 g/mol. The van der Waals surface area contributed by atoms with E-state index in [2.05, 4.69) is 53.8 Å². The SMILES string of the molecule is CC(=O)NCC(=O)N1CCOC(CC(c2ccccc2)c2ccccc2)C1. The maximum Gasteiger partial charge on any atom is 0.242 e. The van der Waals surface area contributed by atoms with Gasteiger partial charge in [-0.25, -0.2) is 0 Å². The molecular formula is C22H26N2O3. The lowest BCUT2D eigenvalue weighted by Gasteiger charge is -2.35. The molecule has 1 unspecified atom stereocenters. The van der Waals surface area contributed by atoms with Gasteiger partial charge >= 0.3 is 0 Å². The molecule has 0 saturated carbocycles. The number of benzene rings is 2. The average Bonchev–Trinajstić information content (AvgIpc) is 2.71. The van der Waals surface area contributed by atoms with Crippen molar-refractivity contribution < 1.29 is 14.3 Å². The van der Waals surface area contributed by atoms with Crippen LogP contribution in [0.2, 0.25) is 0 Å². The summed E-state index contributed by atoms with van der Waals surface area (Å²) in [6, 6.07) is 20.8. The third kappa shape index (κ3) is 5.41. The van der Waals surface area contributed by atoms with E-state index in [1.54, 1.807) is 4.90 Å². The first-order valence-electron chi connectivity index (χ1n) is 9.37. The van der Waals surface area contributed by atoms with Crippen molar-refractivity contribution in [3.63, 3.8) is 0 Å². The van der Waals surface area contributed by atoms with Gasteiger partial charge in [0.1, 0.15) is 0 Å². The summed E-state index contributed by atoms with van der Waals surface area (Å²) < 4.78 is 5.98. The predicted molar refractivity (Wildman–Crippen MR) is 104 cm³/mol. The van der Waals surface area contributed by atoms with Crippen molar-refractivity contribution in [2.24, 2.45) is 0 Å². The van der Waals surface area contributed by atoms with Crippen LogP contribution >= 0.6 is 0 Å². The summed E-state index contributed by atoms with van der Waals surface area (Å²) in [5.41, 5.74) is 2.49. The van der Waals surface area contributed by atoms with E-state index in [0.717, 1.165) is 6.42 Å². The van der Waals surface area contributed by atoms with Crippen molar-refractivity contribution in [3.05, 3.63) is 71.8 Å². The number of rotatable bonds is 6. The molecule has 5 nitrogen and oxygen atoms in total. The van der Waals surface area contributed by atoms with Crippen molar-refractivity contribution in [2.45, 2.75) is 25.4 Å². The van der Waals surface area contributed by atoms with Crippen molar-refractivity contribution >= 4 is 11.8 Å². The molecule has 0 spiro atoms. The Bertz CT molecular complexity index is 709. The Hall–Kier alpha value is -2.66. The Balaban J connectivity index is 1.70. The fourth-order valence-electron chi connectivity index (χ4n) is 3.50. The Labute approximate surface area is 160 Å². The smallest absolute Gasteiger partial charge is 0.242 e. The van der Waals surface area contributed by atoms with Crippen LogP contribution in [0, 0.1) is 0 Å². The molecule has 0 radical (unpaired) electrons. The molecule has 0 aromatic heterocycles. The van der Waals surface area contributed by atoms with Crippen LogP contribution in [-0.4, -0.2) is 49.1 Å². The topological polar surface area (TPSA) is 58.6 Å². The summed E-state index contributed by atoms with van der Waals surface area (Å²) in [6.45, 7) is 3.10. The number of amides is 2. The minimum absolute atomic E-state index is 0.0366. The number of carbonyl (C=O) groups excluding carboxylic acids is 2. The molecule has 1 N–H and O–H groups in total. The molecule has 2 aromatic rings. The summed E-state index contributed by atoms with van der Waals surface area (Å²) in [7, 11) is 0. The highest BCUT2D eigenvalue weighted by Gasteiger charge is 2.27. The molecule has 1 aliphatic rings. The van der Waals surface area contributed by atoms with Crippen LogP contribution in [0.3, 0.4) is 0 Å². The second kappa shape index (κ2) is 9.33. The highest BCUT2D eigenvalue weighted by Crippen LogP contribution is 2.30. The minimum Gasteiger partial charge on any atom is -0.375 e. The summed E-state index contributed by atoms with van der Waals surface area (Å²) in [5.74, 6) is -0.0429. The van der Waals surface area contributed by atoms with Crippen molar-refractivity contribution in [3.8, 4) is 0 Å². The van der Waals surface area contributed by atoms with Crippen LogP contribution in [0.5, 0.6) is 0 Å².